The fourth-order valence-electron chi connectivity index (χ4n) is 1.57. The van der Waals surface area contributed by atoms with E-state index >= 15 is 0 Å². The molecule has 0 fully saturated rings. The molecule has 0 aliphatic carbocycles. The van der Waals surface area contributed by atoms with Crippen LogP contribution in [0.5, 0.6) is 0 Å². The second-order valence-corrected chi connectivity index (χ2v) is 4.49. The van der Waals surface area contributed by atoms with E-state index in [1.54, 1.807) is 17.6 Å². The van der Waals surface area contributed by atoms with Gasteiger partial charge in [0, 0.05) is 6.61 Å². The Hall–Kier alpha value is -1.01. The summed E-state index contributed by atoms with van der Waals surface area (Å²) in [6.07, 6.45) is -1.75. The predicted molar refractivity (Wildman–Crippen MR) is 62.3 cm³/mol. The number of hydrogen-bond donors (Lipinski definition) is 3. The van der Waals surface area contributed by atoms with E-state index in [-0.39, 0.29) is 13.0 Å². The maximum Gasteiger partial charge on any atom is 0.105 e. The van der Waals surface area contributed by atoms with Gasteiger partial charge in [0.25, 0.3) is 0 Å². The lowest BCUT2D eigenvalue weighted by Crippen LogP contribution is -2.19. The maximum atomic E-state index is 9.83. The lowest BCUT2D eigenvalue weighted by atomic mass is 10.0. The molecule has 86 valence electrons. The van der Waals surface area contributed by atoms with Gasteiger partial charge in [-0.2, -0.15) is 0 Å². The van der Waals surface area contributed by atoms with Crippen LogP contribution in [0.3, 0.4) is 0 Å². The Morgan fingerprint density at radius 2 is 2.12 bits per heavy atom. The second-order valence-electron chi connectivity index (χ2n) is 3.60. The Morgan fingerprint density at radius 3 is 2.88 bits per heavy atom. The zero-order valence-corrected chi connectivity index (χ0v) is 9.39. The quantitative estimate of drug-likeness (QED) is 0.746. The van der Waals surface area contributed by atoms with Gasteiger partial charge in [-0.05, 0) is 24.1 Å². The number of fused-ring (bicyclic) bond motifs is 1. The molecule has 5 heteroatoms. The van der Waals surface area contributed by atoms with E-state index in [0.29, 0.717) is 5.56 Å². The highest BCUT2D eigenvalue weighted by Gasteiger charge is 2.18. The highest BCUT2D eigenvalue weighted by molar-refractivity contribution is 7.16. The number of nitrogens with zero attached hydrogens (tertiary/aromatic N) is 1. The van der Waals surface area contributed by atoms with Crippen LogP contribution in [-0.2, 0) is 0 Å². The molecular weight excluding hydrogens is 226 g/mol. The Bertz CT molecular complexity index is 471. The second kappa shape index (κ2) is 4.88. The fourth-order valence-corrected chi connectivity index (χ4v) is 2.23. The van der Waals surface area contributed by atoms with Crippen molar-refractivity contribution in [3.63, 3.8) is 0 Å². The van der Waals surface area contributed by atoms with Gasteiger partial charge < -0.3 is 15.3 Å². The average Bonchev–Trinajstić information content (AvgIpc) is 2.75. The van der Waals surface area contributed by atoms with Gasteiger partial charge in [0.2, 0.25) is 0 Å². The van der Waals surface area contributed by atoms with Gasteiger partial charge in [0.1, 0.15) is 6.10 Å². The third kappa shape index (κ3) is 2.22. The molecule has 3 N–H and O–H groups in total. The standard InChI is InChI=1S/C11H13NO3S/c13-4-3-9(14)11(15)7-1-2-10-8(5-7)12-6-16-10/h1-2,5-6,9,11,13-15H,3-4H2. The summed E-state index contributed by atoms with van der Waals surface area (Å²) in [5, 5.41) is 28.1. The van der Waals surface area contributed by atoms with E-state index < -0.39 is 12.2 Å². The van der Waals surface area contributed by atoms with E-state index in [1.807, 2.05) is 6.07 Å². The molecule has 0 radical (unpaired) electrons. The van der Waals surface area contributed by atoms with Gasteiger partial charge in [0.15, 0.2) is 0 Å². The molecule has 0 saturated carbocycles. The minimum absolute atomic E-state index is 0.142. The lowest BCUT2D eigenvalue weighted by Gasteiger charge is -2.17. The van der Waals surface area contributed by atoms with Crippen LogP contribution in [0.2, 0.25) is 0 Å². The van der Waals surface area contributed by atoms with E-state index in [0.717, 1.165) is 10.2 Å². The molecule has 0 bridgehead atoms. The van der Waals surface area contributed by atoms with Crippen LogP contribution < -0.4 is 0 Å². The SMILES string of the molecule is OCCC(O)C(O)c1ccc2scnc2c1. The highest BCUT2D eigenvalue weighted by Crippen LogP contribution is 2.24. The van der Waals surface area contributed by atoms with Crippen molar-refractivity contribution in [2.75, 3.05) is 6.61 Å². The van der Waals surface area contributed by atoms with Crippen molar-refractivity contribution >= 4 is 21.6 Å². The van der Waals surface area contributed by atoms with Crippen LogP contribution >= 0.6 is 11.3 Å². The summed E-state index contributed by atoms with van der Waals surface area (Å²) in [5.41, 5.74) is 3.18. The Morgan fingerprint density at radius 1 is 1.31 bits per heavy atom. The zero-order chi connectivity index (χ0) is 11.5. The summed E-state index contributed by atoms with van der Waals surface area (Å²) in [7, 11) is 0. The highest BCUT2D eigenvalue weighted by atomic mass is 32.1. The predicted octanol–water partition coefficient (Wildman–Crippen LogP) is 1.07. The van der Waals surface area contributed by atoms with Crippen LogP contribution in [0.15, 0.2) is 23.7 Å². The number of aromatic nitrogens is 1. The summed E-state index contributed by atoms with van der Waals surface area (Å²) < 4.78 is 1.05. The molecule has 0 amide bonds. The molecule has 0 aliphatic rings. The van der Waals surface area contributed by atoms with Gasteiger partial charge in [0.05, 0.1) is 21.8 Å². The molecule has 2 atom stereocenters. The largest absolute Gasteiger partial charge is 0.396 e. The topological polar surface area (TPSA) is 73.6 Å². The molecule has 1 aromatic carbocycles. The summed E-state index contributed by atoms with van der Waals surface area (Å²) in [6.45, 7) is -0.142. The molecule has 1 aromatic heterocycles. The van der Waals surface area contributed by atoms with Crippen LogP contribution in [0, 0.1) is 0 Å². The minimum Gasteiger partial charge on any atom is -0.396 e. The molecule has 2 unspecified atom stereocenters. The number of aliphatic hydroxyl groups is 3. The van der Waals surface area contributed by atoms with Gasteiger partial charge in [-0.15, -0.1) is 11.3 Å². The Kier molecular flexibility index (Phi) is 3.50. The van der Waals surface area contributed by atoms with Gasteiger partial charge >= 0.3 is 0 Å². The normalized spacial score (nSPS) is 15.2. The first-order valence-corrected chi connectivity index (χ1v) is 5.90. The van der Waals surface area contributed by atoms with Crippen LogP contribution in [0.1, 0.15) is 18.1 Å². The molecule has 0 saturated heterocycles. The third-order valence-corrected chi connectivity index (χ3v) is 3.30. The van der Waals surface area contributed by atoms with Crippen molar-refractivity contribution in [1.82, 2.24) is 4.98 Å². The first-order chi connectivity index (χ1) is 7.72. The lowest BCUT2D eigenvalue weighted by molar-refractivity contribution is 0.00428. The van der Waals surface area contributed by atoms with Gasteiger partial charge in [-0.1, -0.05) is 6.07 Å². The fraction of sp³-hybridized carbons (Fsp3) is 0.364. The van der Waals surface area contributed by atoms with E-state index in [9.17, 15) is 10.2 Å². The first-order valence-electron chi connectivity index (χ1n) is 5.02. The minimum atomic E-state index is -0.974. The molecular formula is C11H13NO3S. The Labute approximate surface area is 96.8 Å². The Balaban J connectivity index is 2.24. The van der Waals surface area contributed by atoms with Crippen molar-refractivity contribution in [3.8, 4) is 0 Å². The smallest absolute Gasteiger partial charge is 0.105 e. The molecule has 2 aromatic rings. The van der Waals surface area contributed by atoms with E-state index in [4.69, 9.17) is 5.11 Å². The average molecular weight is 239 g/mol. The van der Waals surface area contributed by atoms with Crippen molar-refractivity contribution in [1.29, 1.82) is 0 Å². The number of rotatable bonds is 4. The van der Waals surface area contributed by atoms with Crippen LogP contribution in [0.25, 0.3) is 10.2 Å². The third-order valence-electron chi connectivity index (χ3n) is 2.49. The summed E-state index contributed by atoms with van der Waals surface area (Å²) in [6, 6.07) is 5.40. The van der Waals surface area contributed by atoms with Crippen molar-refractivity contribution in [2.45, 2.75) is 18.6 Å². The maximum absolute atomic E-state index is 9.83. The van der Waals surface area contributed by atoms with Gasteiger partial charge in [-0.3, -0.25) is 0 Å². The molecule has 2 rings (SSSR count). The van der Waals surface area contributed by atoms with Crippen LogP contribution in [-0.4, -0.2) is 33.0 Å². The molecule has 4 nitrogen and oxygen atoms in total. The number of aliphatic hydroxyl groups excluding tert-OH is 3. The van der Waals surface area contributed by atoms with Crippen molar-refractivity contribution in [2.24, 2.45) is 0 Å². The molecule has 1 heterocycles. The van der Waals surface area contributed by atoms with Gasteiger partial charge in [-0.25, -0.2) is 4.98 Å². The number of benzene rings is 1. The van der Waals surface area contributed by atoms with Crippen molar-refractivity contribution < 1.29 is 15.3 Å². The first kappa shape index (κ1) is 11.5. The molecule has 0 aliphatic heterocycles. The summed E-state index contributed by atoms with van der Waals surface area (Å²) in [4.78, 5) is 4.14. The number of hydrogen-bond acceptors (Lipinski definition) is 5. The van der Waals surface area contributed by atoms with Crippen LogP contribution in [0.4, 0.5) is 0 Å². The van der Waals surface area contributed by atoms with Crippen molar-refractivity contribution in [3.05, 3.63) is 29.3 Å². The summed E-state index contributed by atoms with van der Waals surface area (Å²) in [5.74, 6) is 0. The monoisotopic (exact) mass is 239 g/mol. The molecule has 16 heavy (non-hydrogen) atoms. The molecule has 0 spiro atoms. The summed E-state index contributed by atoms with van der Waals surface area (Å²) >= 11 is 1.53. The zero-order valence-electron chi connectivity index (χ0n) is 8.58. The van der Waals surface area contributed by atoms with E-state index in [2.05, 4.69) is 4.98 Å². The van der Waals surface area contributed by atoms with E-state index in [1.165, 1.54) is 11.3 Å². The number of thiazole rings is 1.